The zero-order chi connectivity index (χ0) is 10.7. The van der Waals surface area contributed by atoms with Gasteiger partial charge in [0.05, 0.1) is 0 Å². The Balaban J connectivity index is 1.96. The first-order valence-corrected chi connectivity index (χ1v) is 6.09. The normalized spacial score (nSPS) is 26.5. The molecule has 1 nitrogen and oxygen atoms in total. The largest absolute Gasteiger partial charge is 0.314 e. The van der Waals surface area contributed by atoms with Gasteiger partial charge in [0.15, 0.2) is 0 Å². The van der Waals surface area contributed by atoms with Crippen LogP contribution in [0.1, 0.15) is 25.3 Å². The molecule has 2 unspecified atom stereocenters. The minimum absolute atomic E-state index is 0.632. The molecule has 0 spiro atoms. The van der Waals surface area contributed by atoms with Crippen LogP contribution in [0.5, 0.6) is 0 Å². The predicted octanol–water partition coefficient (Wildman–Crippen LogP) is 3.27. The Morgan fingerprint density at radius 3 is 3.07 bits per heavy atom. The Bertz CT molecular complexity index is 324. The minimum atomic E-state index is 0.632. The van der Waals surface area contributed by atoms with Crippen molar-refractivity contribution in [1.82, 2.24) is 5.32 Å². The molecule has 1 aliphatic rings. The maximum absolute atomic E-state index is 5.97. The lowest BCUT2D eigenvalue weighted by Gasteiger charge is -2.28. The van der Waals surface area contributed by atoms with Gasteiger partial charge in [-0.05, 0) is 49.4 Å². The quantitative estimate of drug-likeness (QED) is 0.812. The third-order valence-electron chi connectivity index (χ3n) is 3.13. The Hall–Kier alpha value is -0.530. The number of piperidine rings is 1. The molecule has 1 heterocycles. The SMILES string of the molecule is CC1CCNC(Cc2cccc(Cl)c2)C1. The van der Waals surface area contributed by atoms with Gasteiger partial charge in [-0.2, -0.15) is 0 Å². The molecule has 1 aliphatic heterocycles. The molecule has 15 heavy (non-hydrogen) atoms. The minimum Gasteiger partial charge on any atom is -0.314 e. The molecule has 2 heteroatoms. The summed E-state index contributed by atoms with van der Waals surface area (Å²) in [4.78, 5) is 0. The van der Waals surface area contributed by atoms with Crippen LogP contribution in [0.15, 0.2) is 24.3 Å². The average molecular weight is 224 g/mol. The van der Waals surface area contributed by atoms with Crippen molar-refractivity contribution in [2.75, 3.05) is 6.54 Å². The molecular formula is C13H18ClN. The summed E-state index contributed by atoms with van der Waals surface area (Å²) in [6, 6.07) is 8.83. The number of halogens is 1. The summed E-state index contributed by atoms with van der Waals surface area (Å²) in [5, 5.41) is 4.42. The highest BCUT2D eigenvalue weighted by atomic mass is 35.5. The summed E-state index contributed by atoms with van der Waals surface area (Å²) in [5.74, 6) is 0.857. The standard InChI is InChI=1S/C13H18ClN/c1-10-5-6-15-13(7-10)9-11-3-2-4-12(14)8-11/h2-4,8,10,13,15H,5-7,9H2,1H3. The van der Waals surface area contributed by atoms with Gasteiger partial charge in [0.2, 0.25) is 0 Å². The second kappa shape index (κ2) is 5.00. The molecule has 1 aromatic carbocycles. The second-order valence-corrected chi connectivity index (χ2v) is 5.05. The van der Waals surface area contributed by atoms with Crippen LogP contribution in [0.2, 0.25) is 5.02 Å². The van der Waals surface area contributed by atoms with Crippen molar-refractivity contribution in [1.29, 1.82) is 0 Å². The summed E-state index contributed by atoms with van der Waals surface area (Å²) < 4.78 is 0. The van der Waals surface area contributed by atoms with Gasteiger partial charge < -0.3 is 5.32 Å². The fraction of sp³-hybridized carbons (Fsp3) is 0.538. The highest BCUT2D eigenvalue weighted by molar-refractivity contribution is 6.30. The van der Waals surface area contributed by atoms with Crippen LogP contribution in [0, 0.1) is 5.92 Å². The first-order valence-electron chi connectivity index (χ1n) is 5.72. The van der Waals surface area contributed by atoms with E-state index in [4.69, 9.17) is 11.6 Å². The van der Waals surface area contributed by atoms with Gasteiger partial charge >= 0.3 is 0 Å². The number of benzene rings is 1. The number of hydrogen-bond donors (Lipinski definition) is 1. The van der Waals surface area contributed by atoms with Crippen LogP contribution in [0.4, 0.5) is 0 Å². The smallest absolute Gasteiger partial charge is 0.0408 e. The molecule has 0 bridgehead atoms. The van der Waals surface area contributed by atoms with Gasteiger partial charge in [0.1, 0.15) is 0 Å². The van der Waals surface area contributed by atoms with Crippen LogP contribution in [0.3, 0.4) is 0 Å². The summed E-state index contributed by atoms with van der Waals surface area (Å²) in [7, 11) is 0. The van der Waals surface area contributed by atoms with E-state index in [-0.39, 0.29) is 0 Å². The predicted molar refractivity (Wildman–Crippen MR) is 65.3 cm³/mol. The van der Waals surface area contributed by atoms with E-state index in [1.807, 2.05) is 12.1 Å². The fourth-order valence-corrected chi connectivity index (χ4v) is 2.54. The fourth-order valence-electron chi connectivity index (χ4n) is 2.32. The molecular weight excluding hydrogens is 206 g/mol. The summed E-state index contributed by atoms with van der Waals surface area (Å²) in [5.41, 5.74) is 1.34. The monoisotopic (exact) mass is 223 g/mol. The lowest BCUT2D eigenvalue weighted by Crippen LogP contribution is -2.38. The van der Waals surface area contributed by atoms with Crippen molar-refractivity contribution in [3.05, 3.63) is 34.9 Å². The summed E-state index contributed by atoms with van der Waals surface area (Å²) in [6.45, 7) is 3.50. The molecule has 1 aromatic rings. The molecule has 0 radical (unpaired) electrons. The Morgan fingerprint density at radius 2 is 2.33 bits per heavy atom. The van der Waals surface area contributed by atoms with E-state index in [0.717, 1.165) is 23.9 Å². The van der Waals surface area contributed by atoms with E-state index >= 15 is 0 Å². The molecule has 0 saturated carbocycles. The van der Waals surface area contributed by atoms with Gasteiger partial charge in [-0.25, -0.2) is 0 Å². The molecule has 1 N–H and O–H groups in total. The van der Waals surface area contributed by atoms with E-state index in [1.54, 1.807) is 0 Å². The van der Waals surface area contributed by atoms with E-state index in [9.17, 15) is 0 Å². The highest BCUT2D eigenvalue weighted by Gasteiger charge is 2.18. The molecule has 2 rings (SSSR count). The Kier molecular flexibility index (Phi) is 3.66. The molecule has 0 amide bonds. The number of hydrogen-bond acceptors (Lipinski definition) is 1. The zero-order valence-electron chi connectivity index (χ0n) is 9.17. The van der Waals surface area contributed by atoms with Gasteiger partial charge in [-0.15, -0.1) is 0 Å². The van der Waals surface area contributed by atoms with E-state index in [1.165, 1.54) is 18.4 Å². The first-order chi connectivity index (χ1) is 7.24. The lowest BCUT2D eigenvalue weighted by atomic mass is 9.91. The molecule has 0 aliphatic carbocycles. The van der Waals surface area contributed by atoms with E-state index in [0.29, 0.717) is 6.04 Å². The number of nitrogens with one attached hydrogen (secondary N) is 1. The van der Waals surface area contributed by atoms with Crippen molar-refractivity contribution in [2.45, 2.75) is 32.2 Å². The summed E-state index contributed by atoms with van der Waals surface area (Å²) in [6.07, 6.45) is 3.70. The van der Waals surface area contributed by atoms with Gasteiger partial charge in [-0.1, -0.05) is 30.7 Å². The van der Waals surface area contributed by atoms with Crippen LogP contribution in [-0.4, -0.2) is 12.6 Å². The van der Waals surface area contributed by atoms with Crippen LogP contribution in [-0.2, 0) is 6.42 Å². The molecule has 1 fully saturated rings. The summed E-state index contributed by atoms with van der Waals surface area (Å²) >= 11 is 5.97. The van der Waals surface area contributed by atoms with Crippen molar-refractivity contribution in [3.8, 4) is 0 Å². The molecule has 82 valence electrons. The third kappa shape index (κ3) is 3.22. The topological polar surface area (TPSA) is 12.0 Å². The van der Waals surface area contributed by atoms with Gasteiger partial charge in [0, 0.05) is 11.1 Å². The average Bonchev–Trinajstić information content (AvgIpc) is 2.17. The van der Waals surface area contributed by atoms with Crippen LogP contribution in [0.25, 0.3) is 0 Å². The molecule has 0 aromatic heterocycles. The van der Waals surface area contributed by atoms with E-state index < -0.39 is 0 Å². The van der Waals surface area contributed by atoms with Crippen LogP contribution < -0.4 is 5.32 Å². The van der Waals surface area contributed by atoms with Crippen molar-refractivity contribution >= 4 is 11.6 Å². The first kappa shape index (κ1) is 11.0. The second-order valence-electron chi connectivity index (χ2n) is 4.61. The maximum atomic E-state index is 5.97. The van der Waals surface area contributed by atoms with Crippen molar-refractivity contribution in [3.63, 3.8) is 0 Å². The molecule has 2 atom stereocenters. The van der Waals surface area contributed by atoms with E-state index in [2.05, 4.69) is 24.4 Å². The highest BCUT2D eigenvalue weighted by Crippen LogP contribution is 2.19. The third-order valence-corrected chi connectivity index (χ3v) is 3.36. The van der Waals surface area contributed by atoms with Crippen molar-refractivity contribution in [2.24, 2.45) is 5.92 Å². The van der Waals surface area contributed by atoms with Crippen molar-refractivity contribution < 1.29 is 0 Å². The Morgan fingerprint density at radius 1 is 1.47 bits per heavy atom. The van der Waals surface area contributed by atoms with Crippen LogP contribution >= 0.6 is 11.6 Å². The zero-order valence-corrected chi connectivity index (χ0v) is 9.93. The molecule has 1 saturated heterocycles. The number of rotatable bonds is 2. The maximum Gasteiger partial charge on any atom is 0.0408 e. The van der Waals surface area contributed by atoms with Gasteiger partial charge in [0.25, 0.3) is 0 Å². The van der Waals surface area contributed by atoms with Gasteiger partial charge in [-0.3, -0.25) is 0 Å². The lowest BCUT2D eigenvalue weighted by molar-refractivity contribution is 0.318. The Labute approximate surface area is 96.8 Å².